The fourth-order valence-corrected chi connectivity index (χ4v) is 1.08. The lowest BCUT2D eigenvalue weighted by Crippen LogP contribution is -2.44. The highest BCUT2D eigenvalue weighted by Gasteiger charge is 2.19. The maximum absolute atomic E-state index is 8.73. The first-order valence-corrected chi connectivity index (χ1v) is 5.23. The van der Waals surface area contributed by atoms with Crippen molar-refractivity contribution < 1.29 is 0 Å². The molecule has 0 aliphatic carbocycles. The number of hydrogen-bond donors (Lipinski definition) is 1. The Morgan fingerprint density at radius 2 is 2.19 bits per heavy atom. The molecule has 16 heavy (non-hydrogen) atoms. The fraction of sp³-hybridized carbons (Fsp3) is 0.500. The van der Waals surface area contributed by atoms with Crippen LogP contribution in [0.3, 0.4) is 0 Å². The van der Waals surface area contributed by atoms with E-state index < -0.39 is 0 Å². The molecule has 0 saturated carbocycles. The van der Waals surface area contributed by atoms with E-state index >= 15 is 0 Å². The third-order valence-electron chi connectivity index (χ3n) is 2.81. The van der Waals surface area contributed by atoms with Gasteiger partial charge in [0.15, 0.2) is 0 Å². The van der Waals surface area contributed by atoms with Gasteiger partial charge in [-0.3, -0.25) is 0 Å². The van der Waals surface area contributed by atoms with Crippen molar-refractivity contribution in [2.24, 2.45) is 0 Å². The van der Waals surface area contributed by atoms with Gasteiger partial charge in [-0.1, -0.05) is 0 Å². The van der Waals surface area contributed by atoms with E-state index in [0.717, 1.165) is 12.2 Å². The average Bonchev–Trinajstić information content (AvgIpc) is 2.26. The first-order chi connectivity index (χ1) is 7.45. The number of anilines is 1. The van der Waals surface area contributed by atoms with Crippen molar-refractivity contribution in [2.45, 2.75) is 19.4 Å². The van der Waals surface area contributed by atoms with E-state index in [-0.39, 0.29) is 5.54 Å². The van der Waals surface area contributed by atoms with Gasteiger partial charge < -0.3 is 10.2 Å². The van der Waals surface area contributed by atoms with Crippen LogP contribution in [-0.4, -0.2) is 36.1 Å². The summed E-state index contributed by atoms with van der Waals surface area (Å²) < 4.78 is 0. The molecule has 86 valence electrons. The molecule has 0 bridgehead atoms. The second kappa shape index (κ2) is 4.95. The minimum atomic E-state index is 0.0656. The molecule has 0 atom stereocenters. The predicted octanol–water partition coefficient (Wildman–Crippen LogP) is 1.71. The van der Waals surface area contributed by atoms with Gasteiger partial charge in [-0.05, 0) is 40.1 Å². The number of nitriles is 1. The van der Waals surface area contributed by atoms with Crippen LogP contribution in [-0.2, 0) is 0 Å². The lowest BCUT2D eigenvalue weighted by atomic mass is 10.0. The molecule has 0 saturated heterocycles. The monoisotopic (exact) mass is 218 g/mol. The zero-order valence-corrected chi connectivity index (χ0v) is 10.3. The Morgan fingerprint density at radius 1 is 1.50 bits per heavy atom. The molecule has 0 aromatic carbocycles. The van der Waals surface area contributed by atoms with Crippen LogP contribution >= 0.6 is 0 Å². The van der Waals surface area contributed by atoms with Crippen molar-refractivity contribution in [2.75, 3.05) is 26.0 Å². The molecule has 0 spiro atoms. The number of hydrogen-bond acceptors (Lipinski definition) is 4. The molecular weight excluding hydrogens is 200 g/mol. The molecule has 1 N–H and O–H groups in total. The zero-order chi connectivity index (χ0) is 12.2. The summed E-state index contributed by atoms with van der Waals surface area (Å²) in [6.45, 7) is 5.13. The molecule has 0 unspecified atom stereocenters. The van der Waals surface area contributed by atoms with E-state index in [1.807, 2.05) is 12.1 Å². The van der Waals surface area contributed by atoms with Gasteiger partial charge in [0.25, 0.3) is 0 Å². The lowest BCUT2D eigenvalue weighted by Gasteiger charge is -2.33. The van der Waals surface area contributed by atoms with Gasteiger partial charge >= 0.3 is 0 Å². The Morgan fingerprint density at radius 3 is 2.75 bits per heavy atom. The van der Waals surface area contributed by atoms with E-state index in [4.69, 9.17) is 5.26 Å². The Labute approximate surface area is 96.9 Å². The summed E-state index contributed by atoms with van der Waals surface area (Å²) in [6, 6.07) is 5.65. The van der Waals surface area contributed by atoms with E-state index in [2.05, 4.69) is 43.1 Å². The highest BCUT2D eigenvalue weighted by molar-refractivity contribution is 5.46. The molecule has 4 nitrogen and oxygen atoms in total. The summed E-state index contributed by atoms with van der Waals surface area (Å²) in [6.07, 6.45) is 1.64. The number of nitrogens with zero attached hydrogens (tertiary/aromatic N) is 3. The molecule has 0 amide bonds. The van der Waals surface area contributed by atoms with Gasteiger partial charge in [0, 0.05) is 24.0 Å². The molecule has 0 aliphatic heterocycles. The summed E-state index contributed by atoms with van der Waals surface area (Å²) in [5.74, 6) is 0. The molecule has 1 aromatic heterocycles. The van der Waals surface area contributed by atoms with Crippen LogP contribution in [0.1, 0.15) is 19.5 Å². The Kier molecular flexibility index (Phi) is 3.86. The molecule has 1 aromatic rings. The largest absolute Gasteiger partial charge is 0.383 e. The zero-order valence-electron chi connectivity index (χ0n) is 10.3. The molecule has 0 radical (unpaired) electrons. The van der Waals surface area contributed by atoms with Crippen LogP contribution < -0.4 is 5.32 Å². The number of aromatic nitrogens is 1. The van der Waals surface area contributed by atoms with Crippen molar-refractivity contribution in [3.8, 4) is 6.07 Å². The Bertz CT molecular complexity index is 390. The Hall–Kier alpha value is -1.60. The van der Waals surface area contributed by atoms with Crippen molar-refractivity contribution in [3.63, 3.8) is 0 Å². The molecule has 4 heteroatoms. The quantitative estimate of drug-likeness (QED) is 0.835. The molecule has 0 aliphatic rings. The first-order valence-electron chi connectivity index (χ1n) is 5.23. The SMILES string of the molecule is CN(C)C(C)(C)CNc1ccnc(C#N)c1. The molecular formula is C12H18N4. The van der Waals surface area contributed by atoms with Crippen LogP contribution in [0.25, 0.3) is 0 Å². The van der Waals surface area contributed by atoms with Crippen molar-refractivity contribution in [1.29, 1.82) is 5.26 Å². The van der Waals surface area contributed by atoms with E-state index in [0.29, 0.717) is 5.69 Å². The maximum atomic E-state index is 8.73. The maximum Gasteiger partial charge on any atom is 0.142 e. The summed E-state index contributed by atoms with van der Waals surface area (Å²) in [4.78, 5) is 6.09. The number of pyridine rings is 1. The standard InChI is InChI=1S/C12H18N4/c1-12(2,16(3)4)9-15-10-5-6-14-11(7-10)8-13/h5-7H,9H2,1-4H3,(H,14,15). The lowest BCUT2D eigenvalue weighted by molar-refractivity contribution is 0.210. The minimum Gasteiger partial charge on any atom is -0.383 e. The van der Waals surface area contributed by atoms with Crippen LogP contribution in [0.15, 0.2) is 18.3 Å². The minimum absolute atomic E-state index is 0.0656. The van der Waals surface area contributed by atoms with Crippen molar-refractivity contribution in [3.05, 3.63) is 24.0 Å². The predicted molar refractivity (Wildman–Crippen MR) is 65.2 cm³/mol. The summed E-state index contributed by atoms with van der Waals surface area (Å²) in [5.41, 5.74) is 1.44. The third kappa shape index (κ3) is 3.21. The molecule has 1 rings (SSSR count). The topological polar surface area (TPSA) is 52.0 Å². The number of nitrogens with one attached hydrogen (secondary N) is 1. The smallest absolute Gasteiger partial charge is 0.142 e. The Balaban J connectivity index is 2.65. The highest BCUT2D eigenvalue weighted by atomic mass is 15.2. The van der Waals surface area contributed by atoms with Gasteiger partial charge in [-0.15, -0.1) is 0 Å². The van der Waals surface area contributed by atoms with Crippen LogP contribution in [0.5, 0.6) is 0 Å². The molecule has 1 heterocycles. The number of rotatable bonds is 4. The third-order valence-corrected chi connectivity index (χ3v) is 2.81. The van der Waals surface area contributed by atoms with Crippen LogP contribution in [0.2, 0.25) is 0 Å². The van der Waals surface area contributed by atoms with E-state index in [1.54, 1.807) is 12.3 Å². The summed E-state index contributed by atoms with van der Waals surface area (Å²) >= 11 is 0. The highest BCUT2D eigenvalue weighted by Crippen LogP contribution is 2.13. The fourth-order valence-electron chi connectivity index (χ4n) is 1.08. The van der Waals surface area contributed by atoms with Crippen LogP contribution in [0, 0.1) is 11.3 Å². The van der Waals surface area contributed by atoms with Gasteiger partial charge in [0.2, 0.25) is 0 Å². The van der Waals surface area contributed by atoms with Gasteiger partial charge in [0.1, 0.15) is 11.8 Å². The van der Waals surface area contributed by atoms with E-state index in [9.17, 15) is 0 Å². The summed E-state index contributed by atoms with van der Waals surface area (Å²) in [5, 5.41) is 12.0. The second-order valence-corrected chi connectivity index (χ2v) is 4.60. The number of likely N-dealkylation sites (N-methyl/N-ethyl adjacent to an activating group) is 1. The summed E-state index contributed by atoms with van der Waals surface area (Å²) in [7, 11) is 4.10. The van der Waals surface area contributed by atoms with Crippen molar-refractivity contribution >= 4 is 5.69 Å². The molecule has 0 fully saturated rings. The second-order valence-electron chi connectivity index (χ2n) is 4.60. The van der Waals surface area contributed by atoms with Gasteiger partial charge in [0.05, 0.1) is 0 Å². The van der Waals surface area contributed by atoms with Gasteiger partial charge in [-0.25, -0.2) is 4.98 Å². The van der Waals surface area contributed by atoms with Crippen LogP contribution in [0.4, 0.5) is 5.69 Å². The normalized spacial score (nSPS) is 11.2. The first kappa shape index (κ1) is 12.5. The average molecular weight is 218 g/mol. The van der Waals surface area contributed by atoms with Gasteiger partial charge in [-0.2, -0.15) is 5.26 Å². The van der Waals surface area contributed by atoms with Crippen molar-refractivity contribution in [1.82, 2.24) is 9.88 Å². The van der Waals surface area contributed by atoms with E-state index in [1.165, 1.54) is 0 Å².